The summed E-state index contributed by atoms with van der Waals surface area (Å²) >= 11 is 0. The molecule has 0 radical (unpaired) electrons. The van der Waals surface area contributed by atoms with Crippen molar-refractivity contribution in [3.05, 3.63) is 35.9 Å². The molecule has 0 spiro atoms. The Kier molecular flexibility index (Phi) is 6.97. The van der Waals surface area contributed by atoms with Crippen molar-refractivity contribution in [1.29, 1.82) is 0 Å². The molecule has 0 unspecified atom stereocenters. The molecule has 0 aliphatic rings. The van der Waals surface area contributed by atoms with Crippen molar-refractivity contribution in [3.8, 4) is 0 Å². The molecule has 0 saturated carbocycles. The zero-order valence-electron chi connectivity index (χ0n) is 9.85. The Morgan fingerprint density at radius 1 is 1.12 bits per heavy atom. The molecule has 94 valence electrons. The standard InChI is InChI=1S/C12H17NO4/c1-15-7-8-16-9-10-17-13-12(14)11-5-3-2-4-6-11/h2-6H,7-10H2,1H3,(H,13,14). The van der Waals surface area contributed by atoms with Gasteiger partial charge < -0.3 is 9.47 Å². The summed E-state index contributed by atoms with van der Waals surface area (Å²) in [7, 11) is 1.61. The minimum Gasteiger partial charge on any atom is -0.382 e. The van der Waals surface area contributed by atoms with Gasteiger partial charge in [-0.2, -0.15) is 0 Å². The first-order valence-electron chi connectivity index (χ1n) is 5.38. The lowest BCUT2D eigenvalue weighted by Crippen LogP contribution is -2.25. The van der Waals surface area contributed by atoms with E-state index < -0.39 is 0 Å². The summed E-state index contributed by atoms with van der Waals surface area (Å²) < 4.78 is 9.97. The average Bonchev–Trinajstić information content (AvgIpc) is 2.38. The van der Waals surface area contributed by atoms with Crippen LogP contribution in [0.5, 0.6) is 0 Å². The summed E-state index contributed by atoms with van der Waals surface area (Å²) in [5, 5.41) is 0. The SMILES string of the molecule is COCCOCCONC(=O)c1ccccc1. The van der Waals surface area contributed by atoms with E-state index in [1.807, 2.05) is 6.07 Å². The van der Waals surface area contributed by atoms with Gasteiger partial charge in [0.05, 0.1) is 26.4 Å². The topological polar surface area (TPSA) is 56.8 Å². The molecule has 0 aliphatic heterocycles. The Balaban J connectivity index is 2.05. The van der Waals surface area contributed by atoms with E-state index in [1.54, 1.807) is 31.4 Å². The first-order chi connectivity index (χ1) is 8.34. The van der Waals surface area contributed by atoms with E-state index in [9.17, 15) is 4.79 Å². The molecule has 1 aromatic carbocycles. The van der Waals surface area contributed by atoms with Gasteiger partial charge in [-0.3, -0.25) is 9.63 Å². The van der Waals surface area contributed by atoms with E-state index in [0.29, 0.717) is 32.0 Å². The molecule has 1 aromatic rings. The molecular weight excluding hydrogens is 222 g/mol. The molecule has 1 amide bonds. The van der Waals surface area contributed by atoms with Crippen LogP contribution in [-0.4, -0.2) is 39.4 Å². The van der Waals surface area contributed by atoms with Crippen LogP contribution in [-0.2, 0) is 14.3 Å². The molecule has 1 rings (SSSR count). The number of carbonyl (C=O) groups excluding carboxylic acids is 1. The van der Waals surface area contributed by atoms with E-state index in [2.05, 4.69) is 5.48 Å². The lowest BCUT2D eigenvalue weighted by atomic mass is 10.2. The maximum absolute atomic E-state index is 11.5. The molecule has 17 heavy (non-hydrogen) atoms. The highest BCUT2D eigenvalue weighted by atomic mass is 16.7. The van der Waals surface area contributed by atoms with Gasteiger partial charge >= 0.3 is 0 Å². The maximum Gasteiger partial charge on any atom is 0.274 e. The van der Waals surface area contributed by atoms with Crippen molar-refractivity contribution < 1.29 is 19.1 Å². The molecule has 0 atom stereocenters. The number of carbonyl (C=O) groups is 1. The zero-order chi connectivity index (χ0) is 12.3. The van der Waals surface area contributed by atoms with Gasteiger partial charge in [-0.25, -0.2) is 5.48 Å². The average molecular weight is 239 g/mol. The van der Waals surface area contributed by atoms with E-state index >= 15 is 0 Å². The van der Waals surface area contributed by atoms with Gasteiger partial charge in [-0.05, 0) is 12.1 Å². The van der Waals surface area contributed by atoms with Crippen LogP contribution in [0, 0.1) is 0 Å². The number of methoxy groups -OCH3 is 1. The molecular formula is C12H17NO4. The molecule has 1 N–H and O–H groups in total. The number of amides is 1. The third-order valence-electron chi connectivity index (χ3n) is 1.96. The maximum atomic E-state index is 11.5. The highest BCUT2D eigenvalue weighted by Crippen LogP contribution is 1.97. The predicted octanol–water partition coefficient (Wildman–Crippen LogP) is 1.01. The molecule has 0 fully saturated rings. The minimum absolute atomic E-state index is 0.262. The predicted molar refractivity (Wildman–Crippen MR) is 62.6 cm³/mol. The van der Waals surface area contributed by atoms with Crippen LogP contribution >= 0.6 is 0 Å². The van der Waals surface area contributed by atoms with Crippen LogP contribution < -0.4 is 5.48 Å². The molecule has 0 heterocycles. The summed E-state index contributed by atoms with van der Waals surface area (Å²) in [4.78, 5) is 16.4. The number of nitrogens with one attached hydrogen (secondary N) is 1. The normalized spacial score (nSPS) is 10.2. The van der Waals surface area contributed by atoms with E-state index in [1.165, 1.54) is 0 Å². The number of rotatable bonds is 8. The number of hydrogen-bond acceptors (Lipinski definition) is 4. The number of hydrogen-bond donors (Lipinski definition) is 1. The number of benzene rings is 1. The Bertz CT molecular complexity index is 316. The minimum atomic E-state index is -0.262. The third-order valence-corrected chi connectivity index (χ3v) is 1.96. The Labute approximate surface area is 101 Å². The highest BCUT2D eigenvalue weighted by molar-refractivity contribution is 5.93. The highest BCUT2D eigenvalue weighted by Gasteiger charge is 2.02. The van der Waals surface area contributed by atoms with Crippen LogP contribution in [0.3, 0.4) is 0 Å². The lowest BCUT2D eigenvalue weighted by molar-refractivity contribution is -0.00938. The van der Waals surface area contributed by atoms with Gasteiger partial charge in [-0.15, -0.1) is 0 Å². The van der Waals surface area contributed by atoms with Crippen LogP contribution in [0.2, 0.25) is 0 Å². The van der Waals surface area contributed by atoms with Crippen molar-refractivity contribution in [1.82, 2.24) is 5.48 Å². The van der Waals surface area contributed by atoms with Crippen LogP contribution in [0.25, 0.3) is 0 Å². The largest absolute Gasteiger partial charge is 0.382 e. The van der Waals surface area contributed by atoms with Crippen molar-refractivity contribution >= 4 is 5.91 Å². The van der Waals surface area contributed by atoms with E-state index in [0.717, 1.165) is 0 Å². The molecule has 0 bridgehead atoms. The van der Waals surface area contributed by atoms with Crippen molar-refractivity contribution in [2.24, 2.45) is 0 Å². The van der Waals surface area contributed by atoms with Crippen molar-refractivity contribution in [3.63, 3.8) is 0 Å². The Morgan fingerprint density at radius 2 is 1.82 bits per heavy atom. The molecule has 0 aromatic heterocycles. The summed E-state index contributed by atoms with van der Waals surface area (Å²) in [5.74, 6) is -0.262. The van der Waals surface area contributed by atoms with E-state index in [-0.39, 0.29) is 5.91 Å². The second kappa shape index (κ2) is 8.69. The number of hydroxylamine groups is 1. The molecule has 5 heteroatoms. The molecule has 5 nitrogen and oxygen atoms in total. The Hall–Kier alpha value is -1.43. The molecule has 0 saturated heterocycles. The summed E-state index contributed by atoms with van der Waals surface area (Å²) in [6.45, 7) is 1.80. The fraction of sp³-hybridized carbons (Fsp3) is 0.417. The third kappa shape index (κ3) is 6.01. The van der Waals surface area contributed by atoms with Crippen molar-refractivity contribution in [2.75, 3.05) is 33.5 Å². The summed E-state index contributed by atoms with van der Waals surface area (Å²) in [6, 6.07) is 8.87. The summed E-state index contributed by atoms with van der Waals surface area (Å²) in [6.07, 6.45) is 0. The van der Waals surface area contributed by atoms with Gasteiger partial charge in [0.1, 0.15) is 0 Å². The van der Waals surface area contributed by atoms with Crippen molar-refractivity contribution in [2.45, 2.75) is 0 Å². The Morgan fingerprint density at radius 3 is 2.53 bits per heavy atom. The van der Waals surface area contributed by atoms with Gasteiger partial charge in [0, 0.05) is 12.7 Å². The number of ether oxygens (including phenoxy) is 2. The smallest absolute Gasteiger partial charge is 0.274 e. The van der Waals surface area contributed by atoms with Gasteiger partial charge in [0.25, 0.3) is 5.91 Å². The fourth-order valence-electron chi connectivity index (χ4n) is 1.11. The summed E-state index contributed by atoms with van der Waals surface area (Å²) in [5.41, 5.74) is 2.90. The van der Waals surface area contributed by atoms with Crippen LogP contribution in [0.4, 0.5) is 0 Å². The second-order valence-corrected chi connectivity index (χ2v) is 3.25. The van der Waals surface area contributed by atoms with E-state index in [4.69, 9.17) is 14.3 Å². The van der Waals surface area contributed by atoms with Crippen LogP contribution in [0.15, 0.2) is 30.3 Å². The zero-order valence-corrected chi connectivity index (χ0v) is 9.85. The fourth-order valence-corrected chi connectivity index (χ4v) is 1.11. The van der Waals surface area contributed by atoms with Crippen LogP contribution in [0.1, 0.15) is 10.4 Å². The molecule has 0 aliphatic carbocycles. The van der Waals surface area contributed by atoms with Gasteiger partial charge in [0.15, 0.2) is 0 Å². The first-order valence-corrected chi connectivity index (χ1v) is 5.38. The quantitative estimate of drug-likeness (QED) is 0.543. The van der Waals surface area contributed by atoms with Gasteiger partial charge in [0.2, 0.25) is 0 Å². The van der Waals surface area contributed by atoms with Gasteiger partial charge in [-0.1, -0.05) is 18.2 Å². The monoisotopic (exact) mass is 239 g/mol. The second-order valence-electron chi connectivity index (χ2n) is 3.25. The first kappa shape index (κ1) is 13.6. The lowest BCUT2D eigenvalue weighted by Gasteiger charge is -2.06.